The third-order valence-electron chi connectivity index (χ3n) is 5.60. The quantitative estimate of drug-likeness (QED) is 0.877. The number of amides is 1. The van der Waals surface area contributed by atoms with Crippen LogP contribution in [0.15, 0.2) is 18.2 Å². The fraction of sp³-hybridized carbons (Fsp3) is 0.632. The van der Waals surface area contributed by atoms with E-state index in [9.17, 15) is 9.90 Å². The molecule has 1 aromatic carbocycles. The summed E-state index contributed by atoms with van der Waals surface area (Å²) in [6.07, 6.45) is 2.92. The maximum absolute atomic E-state index is 12.6. The number of nitrogens with zero attached hydrogens (tertiary/aromatic N) is 1. The standard InChI is InChI=1S/C19H30N2O2/c1-5-19(13-22)9-11-21(12-10-19)16(4)18(23)20-17-14(2)7-6-8-15(17)3/h6-8,16,22H,5,9-13H2,1-4H3,(H,20,23). The maximum Gasteiger partial charge on any atom is 0.241 e. The van der Waals surface area contributed by atoms with Crippen molar-refractivity contribution < 1.29 is 9.90 Å². The monoisotopic (exact) mass is 318 g/mol. The molecule has 1 fully saturated rings. The molecule has 23 heavy (non-hydrogen) atoms. The van der Waals surface area contributed by atoms with Gasteiger partial charge in [-0.3, -0.25) is 9.69 Å². The largest absolute Gasteiger partial charge is 0.396 e. The number of para-hydroxylation sites is 1. The zero-order valence-corrected chi connectivity index (χ0v) is 14.9. The van der Waals surface area contributed by atoms with Gasteiger partial charge in [-0.25, -0.2) is 0 Å². The highest BCUT2D eigenvalue weighted by Gasteiger charge is 2.35. The third-order valence-corrected chi connectivity index (χ3v) is 5.60. The summed E-state index contributed by atoms with van der Waals surface area (Å²) in [6.45, 7) is 10.1. The van der Waals surface area contributed by atoms with Crippen molar-refractivity contribution in [2.24, 2.45) is 5.41 Å². The molecule has 0 saturated carbocycles. The zero-order chi connectivity index (χ0) is 17.0. The van der Waals surface area contributed by atoms with E-state index in [1.165, 1.54) is 0 Å². The van der Waals surface area contributed by atoms with Gasteiger partial charge >= 0.3 is 0 Å². The summed E-state index contributed by atoms with van der Waals surface area (Å²) in [5, 5.41) is 12.7. The molecular formula is C19H30N2O2. The van der Waals surface area contributed by atoms with Crippen LogP contribution >= 0.6 is 0 Å². The molecule has 0 bridgehead atoms. The van der Waals surface area contributed by atoms with Crippen LogP contribution in [0.1, 0.15) is 44.2 Å². The molecule has 128 valence electrons. The highest BCUT2D eigenvalue weighted by Crippen LogP contribution is 2.34. The van der Waals surface area contributed by atoms with Gasteiger partial charge in [0.15, 0.2) is 0 Å². The minimum Gasteiger partial charge on any atom is -0.396 e. The smallest absolute Gasteiger partial charge is 0.241 e. The molecule has 1 aliphatic rings. The van der Waals surface area contributed by atoms with Crippen molar-refractivity contribution in [2.45, 2.75) is 53.0 Å². The number of benzene rings is 1. The number of anilines is 1. The van der Waals surface area contributed by atoms with Gasteiger partial charge in [-0.1, -0.05) is 25.1 Å². The predicted molar refractivity (Wildman–Crippen MR) is 94.6 cm³/mol. The second-order valence-electron chi connectivity index (χ2n) is 6.98. The summed E-state index contributed by atoms with van der Waals surface area (Å²) in [5.74, 6) is 0.0513. The summed E-state index contributed by atoms with van der Waals surface area (Å²) >= 11 is 0. The zero-order valence-electron chi connectivity index (χ0n) is 14.9. The first-order chi connectivity index (χ1) is 10.9. The second kappa shape index (κ2) is 7.45. The number of carbonyl (C=O) groups excluding carboxylic acids is 1. The highest BCUT2D eigenvalue weighted by atomic mass is 16.3. The van der Waals surface area contributed by atoms with E-state index in [4.69, 9.17) is 0 Å². The molecule has 0 spiro atoms. The van der Waals surface area contributed by atoms with E-state index in [2.05, 4.69) is 17.1 Å². The summed E-state index contributed by atoms with van der Waals surface area (Å²) in [7, 11) is 0. The molecule has 2 rings (SSSR count). The summed E-state index contributed by atoms with van der Waals surface area (Å²) in [5.41, 5.74) is 3.17. The van der Waals surface area contributed by atoms with Crippen molar-refractivity contribution >= 4 is 11.6 Å². The topological polar surface area (TPSA) is 52.6 Å². The van der Waals surface area contributed by atoms with Crippen molar-refractivity contribution in [3.8, 4) is 0 Å². The molecule has 1 atom stereocenters. The van der Waals surface area contributed by atoms with Gasteiger partial charge in [0.1, 0.15) is 0 Å². The Labute approximate surface area is 139 Å². The van der Waals surface area contributed by atoms with Crippen molar-refractivity contribution in [3.63, 3.8) is 0 Å². The van der Waals surface area contributed by atoms with Crippen LogP contribution in [0.4, 0.5) is 5.69 Å². The van der Waals surface area contributed by atoms with Crippen LogP contribution in [-0.2, 0) is 4.79 Å². The molecule has 0 aromatic heterocycles. The van der Waals surface area contributed by atoms with E-state index in [0.29, 0.717) is 0 Å². The Kier molecular flexibility index (Phi) is 5.82. The number of nitrogens with one attached hydrogen (secondary N) is 1. The Balaban J connectivity index is 1.99. The number of likely N-dealkylation sites (tertiary alicyclic amines) is 1. The number of piperidine rings is 1. The van der Waals surface area contributed by atoms with E-state index in [1.807, 2.05) is 39.0 Å². The lowest BCUT2D eigenvalue weighted by Gasteiger charge is -2.42. The Morgan fingerprint density at radius 2 is 1.87 bits per heavy atom. The van der Waals surface area contributed by atoms with E-state index < -0.39 is 0 Å². The van der Waals surface area contributed by atoms with Gasteiger partial charge < -0.3 is 10.4 Å². The van der Waals surface area contributed by atoms with Crippen LogP contribution in [-0.4, -0.2) is 41.7 Å². The fourth-order valence-corrected chi connectivity index (χ4v) is 3.41. The molecule has 1 unspecified atom stereocenters. The van der Waals surface area contributed by atoms with Gasteiger partial charge in [-0.15, -0.1) is 0 Å². The average Bonchev–Trinajstić information content (AvgIpc) is 2.57. The van der Waals surface area contributed by atoms with E-state index >= 15 is 0 Å². The van der Waals surface area contributed by atoms with Crippen LogP contribution in [0.5, 0.6) is 0 Å². The Bertz CT molecular complexity index is 522. The first-order valence-electron chi connectivity index (χ1n) is 8.64. The normalized spacial score (nSPS) is 19.3. The van der Waals surface area contributed by atoms with Gasteiger partial charge in [0.25, 0.3) is 0 Å². The van der Waals surface area contributed by atoms with Crippen LogP contribution in [0, 0.1) is 19.3 Å². The van der Waals surface area contributed by atoms with Gasteiger partial charge in [0, 0.05) is 12.3 Å². The van der Waals surface area contributed by atoms with Crippen LogP contribution < -0.4 is 5.32 Å². The molecule has 4 nitrogen and oxygen atoms in total. The van der Waals surface area contributed by atoms with Crippen molar-refractivity contribution in [3.05, 3.63) is 29.3 Å². The van der Waals surface area contributed by atoms with E-state index in [0.717, 1.165) is 49.2 Å². The SMILES string of the molecule is CCC1(CO)CCN(C(C)C(=O)Nc2c(C)cccc2C)CC1. The molecule has 2 N–H and O–H groups in total. The number of hydrogen-bond acceptors (Lipinski definition) is 3. The molecule has 4 heteroatoms. The Hall–Kier alpha value is -1.39. The third kappa shape index (κ3) is 3.93. The molecular weight excluding hydrogens is 288 g/mol. The summed E-state index contributed by atoms with van der Waals surface area (Å²) in [6, 6.07) is 5.89. The minimum absolute atomic E-state index is 0.0513. The Morgan fingerprint density at radius 3 is 2.35 bits per heavy atom. The number of aliphatic hydroxyl groups excluding tert-OH is 1. The second-order valence-corrected chi connectivity index (χ2v) is 6.98. The van der Waals surface area contributed by atoms with E-state index in [1.54, 1.807) is 0 Å². The molecule has 1 amide bonds. The Morgan fingerprint density at radius 1 is 1.30 bits per heavy atom. The molecule has 0 radical (unpaired) electrons. The molecule has 1 aromatic rings. The lowest BCUT2D eigenvalue weighted by Crippen LogP contribution is -2.49. The van der Waals surface area contributed by atoms with Crippen molar-refractivity contribution in [2.75, 3.05) is 25.0 Å². The van der Waals surface area contributed by atoms with Crippen LogP contribution in [0.25, 0.3) is 0 Å². The highest BCUT2D eigenvalue weighted by molar-refractivity contribution is 5.95. The molecule has 0 aliphatic carbocycles. The van der Waals surface area contributed by atoms with Crippen molar-refractivity contribution in [1.29, 1.82) is 0 Å². The van der Waals surface area contributed by atoms with Gasteiger partial charge in [-0.2, -0.15) is 0 Å². The van der Waals surface area contributed by atoms with Gasteiger partial charge in [0.05, 0.1) is 6.04 Å². The molecule has 1 saturated heterocycles. The fourth-order valence-electron chi connectivity index (χ4n) is 3.41. The van der Waals surface area contributed by atoms with Crippen molar-refractivity contribution in [1.82, 2.24) is 4.90 Å². The van der Waals surface area contributed by atoms with Crippen LogP contribution in [0.2, 0.25) is 0 Å². The number of hydrogen-bond donors (Lipinski definition) is 2. The summed E-state index contributed by atoms with van der Waals surface area (Å²) < 4.78 is 0. The number of carbonyl (C=O) groups is 1. The first kappa shape index (κ1) is 18.0. The lowest BCUT2D eigenvalue weighted by atomic mass is 9.76. The summed E-state index contributed by atoms with van der Waals surface area (Å²) in [4.78, 5) is 14.8. The van der Waals surface area contributed by atoms with E-state index in [-0.39, 0.29) is 24.0 Å². The average molecular weight is 318 g/mol. The molecule has 1 aliphatic heterocycles. The molecule has 1 heterocycles. The number of aryl methyl sites for hydroxylation is 2. The number of rotatable bonds is 5. The predicted octanol–water partition coefficient (Wildman–Crippen LogP) is 3.11. The number of aliphatic hydroxyl groups is 1. The minimum atomic E-state index is -0.150. The lowest BCUT2D eigenvalue weighted by molar-refractivity contribution is -0.121. The van der Waals surface area contributed by atoms with Gasteiger partial charge in [0.2, 0.25) is 5.91 Å². The first-order valence-corrected chi connectivity index (χ1v) is 8.64. The van der Waals surface area contributed by atoms with Crippen LogP contribution in [0.3, 0.4) is 0 Å². The van der Waals surface area contributed by atoms with Gasteiger partial charge in [-0.05, 0) is 69.7 Å². The maximum atomic E-state index is 12.6.